The Labute approximate surface area is 105 Å². The highest BCUT2D eigenvalue weighted by Crippen LogP contribution is 2.44. The van der Waals surface area contributed by atoms with E-state index in [-0.39, 0.29) is 28.9 Å². The monoisotopic (exact) mass is 256 g/mol. The van der Waals surface area contributed by atoms with E-state index in [0.29, 0.717) is 0 Å². The molecule has 0 amide bonds. The van der Waals surface area contributed by atoms with Crippen LogP contribution in [-0.4, -0.2) is 19.3 Å². The van der Waals surface area contributed by atoms with Crippen molar-refractivity contribution in [2.24, 2.45) is 5.41 Å². The van der Waals surface area contributed by atoms with Gasteiger partial charge in [0.15, 0.2) is 11.6 Å². The summed E-state index contributed by atoms with van der Waals surface area (Å²) in [4.78, 5) is 0. The van der Waals surface area contributed by atoms with Gasteiger partial charge in [0.1, 0.15) is 0 Å². The fraction of sp³-hybridized carbons (Fsp3) is 0.538. The fourth-order valence-electron chi connectivity index (χ4n) is 2.42. The maximum atomic E-state index is 13.7. The summed E-state index contributed by atoms with van der Waals surface area (Å²) in [7, 11) is 1.65. The highest BCUT2D eigenvalue weighted by molar-refractivity contribution is 5.67. The average Bonchev–Trinajstić information content (AvgIpc) is 2.32. The topological polar surface area (TPSA) is 47.3 Å². The predicted molar refractivity (Wildman–Crippen MR) is 67.4 cm³/mol. The first kappa shape index (κ1) is 13.1. The number of nitrogens with one attached hydrogen (secondary N) is 1. The largest absolute Gasteiger partial charge is 0.397 e. The third-order valence-electron chi connectivity index (χ3n) is 3.91. The second kappa shape index (κ2) is 4.39. The molecule has 18 heavy (non-hydrogen) atoms. The van der Waals surface area contributed by atoms with Gasteiger partial charge in [0.05, 0.1) is 17.5 Å². The van der Waals surface area contributed by atoms with Crippen molar-refractivity contribution in [3.05, 3.63) is 23.8 Å². The van der Waals surface area contributed by atoms with Crippen LogP contribution in [0.3, 0.4) is 0 Å². The number of nitrogen functional groups attached to an aromatic ring is 1. The van der Waals surface area contributed by atoms with Crippen molar-refractivity contribution in [2.75, 3.05) is 18.2 Å². The number of hydrogen-bond donors (Lipinski definition) is 2. The van der Waals surface area contributed by atoms with E-state index in [9.17, 15) is 8.78 Å². The molecule has 3 nitrogen and oxygen atoms in total. The molecule has 5 heteroatoms. The summed E-state index contributed by atoms with van der Waals surface area (Å²) in [6, 6.07) is 2.40. The second-order valence-electron chi connectivity index (χ2n) is 5.30. The van der Waals surface area contributed by atoms with Crippen LogP contribution in [0, 0.1) is 17.0 Å². The third kappa shape index (κ3) is 1.92. The average molecular weight is 256 g/mol. The molecule has 2 rings (SSSR count). The summed E-state index contributed by atoms with van der Waals surface area (Å²) >= 11 is 0. The lowest BCUT2D eigenvalue weighted by molar-refractivity contribution is -0.0795. The number of methoxy groups -OCH3 is 1. The SMILES string of the molecule is COC1CC(Nc2c(N)ccc(F)c2F)C1(C)C. The lowest BCUT2D eigenvalue weighted by Gasteiger charge is -2.51. The molecular formula is C13H18F2N2O. The van der Waals surface area contributed by atoms with Gasteiger partial charge in [-0.3, -0.25) is 0 Å². The van der Waals surface area contributed by atoms with E-state index in [2.05, 4.69) is 5.32 Å². The van der Waals surface area contributed by atoms with Gasteiger partial charge in [-0.05, 0) is 18.6 Å². The Morgan fingerprint density at radius 2 is 2.06 bits per heavy atom. The summed E-state index contributed by atoms with van der Waals surface area (Å²) in [5.74, 6) is -1.82. The number of nitrogens with two attached hydrogens (primary N) is 1. The van der Waals surface area contributed by atoms with E-state index >= 15 is 0 Å². The molecule has 0 heterocycles. The van der Waals surface area contributed by atoms with Gasteiger partial charge in [0.2, 0.25) is 0 Å². The predicted octanol–water partition coefficient (Wildman–Crippen LogP) is 2.77. The molecule has 1 aromatic rings. The van der Waals surface area contributed by atoms with Crippen molar-refractivity contribution >= 4 is 11.4 Å². The van der Waals surface area contributed by atoms with E-state index in [0.717, 1.165) is 12.5 Å². The van der Waals surface area contributed by atoms with Crippen molar-refractivity contribution in [1.82, 2.24) is 0 Å². The van der Waals surface area contributed by atoms with Crippen LogP contribution >= 0.6 is 0 Å². The van der Waals surface area contributed by atoms with Crippen LogP contribution in [0.15, 0.2) is 12.1 Å². The summed E-state index contributed by atoms with van der Waals surface area (Å²) in [5.41, 5.74) is 5.79. The minimum Gasteiger partial charge on any atom is -0.397 e. The van der Waals surface area contributed by atoms with Crippen molar-refractivity contribution in [3.63, 3.8) is 0 Å². The molecule has 2 atom stereocenters. The number of benzene rings is 1. The van der Waals surface area contributed by atoms with E-state index < -0.39 is 11.6 Å². The Balaban J connectivity index is 2.19. The van der Waals surface area contributed by atoms with Crippen LogP contribution in [0.4, 0.5) is 20.2 Å². The molecule has 3 N–H and O–H groups in total. The van der Waals surface area contributed by atoms with E-state index in [1.165, 1.54) is 6.07 Å². The molecule has 1 aliphatic rings. The molecule has 0 saturated heterocycles. The molecule has 0 radical (unpaired) electrons. The smallest absolute Gasteiger partial charge is 0.183 e. The molecule has 1 aliphatic carbocycles. The number of halogens is 2. The minimum atomic E-state index is -0.924. The lowest BCUT2D eigenvalue weighted by atomic mass is 9.64. The van der Waals surface area contributed by atoms with Gasteiger partial charge in [0, 0.05) is 18.6 Å². The van der Waals surface area contributed by atoms with Crippen molar-refractivity contribution in [2.45, 2.75) is 32.4 Å². The Morgan fingerprint density at radius 3 is 2.61 bits per heavy atom. The molecule has 1 aromatic carbocycles. The first-order valence-corrected chi connectivity index (χ1v) is 5.90. The molecule has 0 aliphatic heterocycles. The maximum Gasteiger partial charge on any atom is 0.183 e. The van der Waals surface area contributed by atoms with Crippen molar-refractivity contribution in [1.29, 1.82) is 0 Å². The van der Waals surface area contributed by atoms with Crippen molar-refractivity contribution < 1.29 is 13.5 Å². The minimum absolute atomic E-state index is 0.0149. The van der Waals surface area contributed by atoms with Crippen LogP contribution in [0.1, 0.15) is 20.3 Å². The van der Waals surface area contributed by atoms with Crippen molar-refractivity contribution in [3.8, 4) is 0 Å². The van der Waals surface area contributed by atoms with Crippen LogP contribution in [0.2, 0.25) is 0 Å². The van der Waals surface area contributed by atoms with Gasteiger partial charge in [0.25, 0.3) is 0 Å². The number of hydrogen-bond acceptors (Lipinski definition) is 3. The van der Waals surface area contributed by atoms with Gasteiger partial charge in [-0.1, -0.05) is 13.8 Å². The normalized spacial score (nSPS) is 25.6. The lowest BCUT2D eigenvalue weighted by Crippen LogP contribution is -2.57. The van der Waals surface area contributed by atoms with Gasteiger partial charge in [-0.15, -0.1) is 0 Å². The Bertz CT molecular complexity index is 463. The van der Waals surface area contributed by atoms with Gasteiger partial charge >= 0.3 is 0 Å². The van der Waals surface area contributed by atoms with E-state index in [1.807, 2.05) is 13.8 Å². The summed E-state index contributed by atoms with van der Waals surface area (Å²) in [5, 5.41) is 2.99. The third-order valence-corrected chi connectivity index (χ3v) is 3.91. The summed E-state index contributed by atoms with van der Waals surface area (Å²) < 4.78 is 32.2. The molecule has 1 fully saturated rings. The zero-order chi connectivity index (χ0) is 13.5. The quantitative estimate of drug-likeness (QED) is 0.817. The Morgan fingerprint density at radius 1 is 1.39 bits per heavy atom. The molecule has 1 saturated carbocycles. The van der Waals surface area contributed by atoms with Crippen LogP contribution in [-0.2, 0) is 4.74 Å². The second-order valence-corrected chi connectivity index (χ2v) is 5.30. The molecular weight excluding hydrogens is 238 g/mol. The summed E-state index contributed by atoms with van der Waals surface area (Å²) in [6.07, 6.45) is 0.867. The van der Waals surface area contributed by atoms with Gasteiger partial charge in [-0.25, -0.2) is 8.78 Å². The van der Waals surface area contributed by atoms with E-state index in [4.69, 9.17) is 10.5 Å². The Kier molecular flexibility index (Phi) is 3.19. The highest BCUT2D eigenvalue weighted by atomic mass is 19.2. The van der Waals surface area contributed by atoms with Crippen LogP contribution in [0.5, 0.6) is 0 Å². The van der Waals surface area contributed by atoms with Crippen LogP contribution < -0.4 is 11.1 Å². The zero-order valence-electron chi connectivity index (χ0n) is 10.8. The van der Waals surface area contributed by atoms with E-state index in [1.54, 1.807) is 7.11 Å². The molecule has 100 valence electrons. The standard InChI is InChI=1S/C13H18F2N2O/c1-13(2)9(6-10(13)18-3)17-12-8(16)5-4-7(14)11(12)15/h4-5,9-10,17H,6,16H2,1-3H3. The number of rotatable bonds is 3. The summed E-state index contributed by atoms with van der Waals surface area (Å²) in [6.45, 7) is 4.05. The molecule has 2 unspecified atom stereocenters. The number of anilines is 2. The first-order valence-electron chi connectivity index (χ1n) is 5.90. The van der Waals surface area contributed by atoms with Gasteiger partial charge < -0.3 is 15.8 Å². The van der Waals surface area contributed by atoms with Gasteiger partial charge in [-0.2, -0.15) is 0 Å². The van der Waals surface area contributed by atoms with Crippen LogP contribution in [0.25, 0.3) is 0 Å². The fourth-order valence-corrected chi connectivity index (χ4v) is 2.42. The molecule has 0 aromatic heterocycles. The molecule has 0 spiro atoms. The number of ether oxygens (including phenoxy) is 1. The first-order chi connectivity index (χ1) is 8.37. The molecule has 0 bridgehead atoms. The Hall–Kier alpha value is -1.36. The zero-order valence-corrected chi connectivity index (χ0v) is 10.8. The maximum absolute atomic E-state index is 13.7. The highest BCUT2D eigenvalue weighted by Gasteiger charge is 2.48.